The number of carbonyl (C=O) groups excluding carboxylic acids is 1. The number of rotatable bonds is 7. The van der Waals surface area contributed by atoms with Crippen LogP contribution in [0.4, 0.5) is 0 Å². The molecule has 6 nitrogen and oxygen atoms in total. The second-order valence-electron chi connectivity index (χ2n) is 7.27. The molecule has 156 valence electrons. The molecule has 0 aromatic carbocycles. The molecule has 8 heteroatoms. The van der Waals surface area contributed by atoms with E-state index in [1.54, 1.807) is 18.4 Å². The second-order valence-corrected chi connectivity index (χ2v) is 9.42. The van der Waals surface area contributed by atoms with E-state index in [0.29, 0.717) is 28.9 Å². The van der Waals surface area contributed by atoms with Crippen LogP contribution < -0.4 is 5.56 Å². The van der Waals surface area contributed by atoms with Crippen LogP contribution in [0.2, 0.25) is 0 Å². The van der Waals surface area contributed by atoms with Crippen LogP contribution >= 0.6 is 22.7 Å². The molecule has 0 saturated carbocycles. The fraction of sp³-hybridized carbons (Fsp3) is 0.318. The third kappa shape index (κ3) is 3.66. The summed E-state index contributed by atoms with van der Waals surface area (Å²) in [6.07, 6.45) is 1.48. The minimum absolute atomic E-state index is 0.0326. The van der Waals surface area contributed by atoms with Crippen LogP contribution in [-0.2, 0) is 17.8 Å². The summed E-state index contributed by atoms with van der Waals surface area (Å²) >= 11 is 3.10. The number of nitrogens with zero attached hydrogens (tertiary/aromatic N) is 3. The van der Waals surface area contributed by atoms with Crippen molar-refractivity contribution in [2.75, 3.05) is 13.7 Å². The first kappa shape index (κ1) is 20.7. The van der Waals surface area contributed by atoms with E-state index in [2.05, 4.69) is 9.55 Å². The summed E-state index contributed by atoms with van der Waals surface area (Å²) in [7, 11) is 1.66. The van der Waals surface area contributed by atoms with E-state index in [0.717, 1.165) is 21.8 Å². The van der Waals surface area contributed by atoms with E-state index in [1.807, 2.05) is 44.4 Å². The number of ether oxygens (including phenoxy) is 1. The van der Waals surface area contributed by atoms with Crippen LogP contribution in [-0.4, -0.2) is 33.6 Å². The molecule has 4 aromatic rings. The van der Waals surface area contributed by atoms with Crippen molar-refractivity contribution in [3.63, 3.8) is 0 Å². The predicted molar refractivity (Wildman–Crippen MR) is 122 cm³/mol. The van der Waals surface area contributed by atoms with Gasteiger partial charge in [0, 0.05) is 51.3 Å². The standard InChI is InChI=1S/C22H23N3O3S2/c1-13-9-16(15(3)25(13)7-8-28-4)18(26)10-24-12-23-21-20(22(24)27)17(11-29-21)19-6-5-14(2)30-19/h5-6,9,11-12H,7-8,10H2,1-4H3. The highest BCUT2D eigenvalue weighted by molar-refractivity contribution is 7.19. The molecule has 0 aliphatic heterocycles. The molecule has 0 N–H and O–H groups in total. The molecular weight excluding hydrogens is 418 g/mol. The van der Waals surface area contributed by atoms with E-state index in [-0.39, 0.29) is 17.9 Å². The van der Waals surface area contributed by atoms with Crippen molar-refractivity contribution in [2.24, 2.45) is 0 Å². The number of aromatic nitrogens is 3. The van der Waals surface area contributed by atoms with E-state index in [9.17, 15) is 9.59 Å². The number of fused-ring (bicyclic) bond motifs is 1. The Hall–Kier alpha value is -2.55. The van der Waals surface area contributed by atoms with E-state index >= 15 is 0 Å². The summed E-state index contributed by atoms with van der Waals surface area (Å²) in [6.45, 7) is 7.17. The van der Waals surface area contributed by atoms with Gasteiger partial charge in [0.1, 0.15) is 4.83 Å². The zero-order chi connectivity index (χ0) is 21.4. The topological polar surface area (TPSA) is 66.1 Å². The van der Waals surface area contributed by atoms with Gasteiger partial charge < -0.3 is 9.30 Å². The molecule has 0 unspecified atom stereocenters. The molecule has 0 bridgehead atoms. The van der Waals surface area contributed by atoms with Gasteiger partial charge >= 0.3 is 0 Å². The van der Waals surface area contributed by atoms with Crippen molar-refractivity contribution in [1.29, 1.82) is 0 Å². The first-order valence-corrected chi connectivity index (χ1v) is 11.3. The van der Waals surface area contributed by atoms with Crippen molar-refractivity contribution in [3.05, 3.63) is 62.1 Å². The van der Waals surface area contributed by atoms with Crippen LogP contribution in [0, 0.1) is 20.8 Å². The summed E-state index contributed by atoms with van der Waals surface area (Å²) in [6, 6.07) is 5.95. The lowest BCUT2D eigenvalue weighted by molar-refractivity contribution is 0.0969. The van der Waals surface area contributed by atoms with Gasteiger partial charge in [-0.25, -0.2) is 4.98 Å². The van der Waals surface area contributed by atoms with Crippen LogP contribution in [0.25, 0.3) is 20.7 Å². The molecule has 4 heterocycles. The van der Waals surface area contributed by atoms with Gasteiger partial charge in [-0.3, -0.25) is 14.2 Å². The number of hydrogen-bond acceptors (Lipinski definition) is 6. The number of Topliss-reactive ketones (excluding diaryl/α,β-unsaturated/α-hetero) is 1. The zero-order valence-corrected chi connectivity index (χ0v) is 19.0. The normalized spacial score (nSPS) is 11.5. The summed E-state index contributed by atoms with van der Waals surface area (Å²) in [5.74, 6) is -0.0984. The van der Waals surface area contributed by atoms with Crippen LogP contribution in [0.5, 0.6) is 0 Å². The van der Waals surface area contributed by atoms with E-state index < -0.39 is 0 Å². The lowest BCUT2D eigenvalue weighted by atomic mass is 10.1. The smallest absolute Gasteiger partial charge is 0.263 e. The number of methoxy groups -OCH3 is 1. The monoisotopic (exact) mass is 441 g/mol. The van der Waals surface area contributed by atoms with Gasteiger partial charge in [-0.2, -0.15) is 0 Å². The maximum atomic E-state index is 13.2. The number of ketones is 1. The average Bonchev–Trinajstić information content (AvgIpc) is 3.40. The Bertz CT molecular complexity index is 1290. The van der Waals surface area contributed by atoms with Gasteiger partial charge in [-0.1, -0.05) is 0 Å². The molecule has 0 aliphatic carbocycles. The van der Waals surface area contributed by atoms with E-state index in [1.165, 1.54) is 27.1 Å². The van der Waals surface area contributed by atoms with Crippen LogP contribution in [0.15, 0.2) is 34.7 Å². The van der Waals surface area contributed by atoms with Gasteiger partial charge in [0.25, 0.3) is 5.56 Å². The van der Waals surface area contributed by atoms with Crippen LogP contribution in [0.3, 0.4) is 0 Å². The number of carbonyl (C=O) groups is 1. The highest BCUT2D eigenvalue weighted by Gasteiger charge is 2.19. The first-order valence-electron chi connectivity index (χ1n) is 9.63. The molecule has 0 radical (unpaired) electrons. The quantitative estimate of drug-likeness (QED) is 0.398. The molecule has 4 rings (SSSR count). The maximum Gasteiger partial charge on any atom is 0.263 e. The molecular formula is C22H23N3O3S2. The Balaban J connectivity index is 1.69. The highest BCUT2D eigenvalue weighted by atomic mass is 32.1. The summed E-state index contributed by atoms with van der Waals surface area (Å²) in [4.78, 5) is 33.6. The van der Waals surface area contributed by atoms with Gasteiger partial charge in [-0.15, -0.1) is 22.7 Å². The first-order chi connectivity index (χ1) is 14.4. The molecule has 0 spiro atoms. The molecule has 0 atom stereocenters. The number of hydrogen-bond donors (Lipinski definition) is 0. The largest absolute Gasteiger partial charge is 0.383 e. The molecule has 4 aromatic heterocycles. The number of aryl methyl sites for hydroxylation is 2. The lowest BCUT2D eigenvalue weighted by Gasteiger charge is -2.09. The lowest BCUT2D eigenvalue weighted by Crippen LogP contribution is -2.24. The van der Waals surface area contributed by atoms with Gasteiger partial charge in [0.05, 0.1) is 24.9 Å². The average molecular weight is 442 g/mol. The summed E-state index contributed by atoms with van der Waals surface area (Å²) in [5, 5.41) is 2.56. The molecule has 0 saturated heterocycles. The minimum atomic E-state index is -0.177. The minimum Gasteiger partial charge on any atom is -0.383 e. The van der Waals surface area contributed by atoms with Crippen molar-refractivity contribution in [1.82, 2.24) is 14.1 Å². The molecule has 30 heavy (non-hydrogen) atoms. The van der Waals surface area contributed by atoms with Gasteiger partial charge in [0.2, 0.25) is 0 Å². The Kier molecular flexibility index (Phi) is 5.73. The third-order valence-electron chi connectivity index (χ3n) is 5.27. The Morgan fingerprint density at radius 2 is 2.03 bits per heavy atom. The van der Waals surface area contributed by atoms with Crippen molar-refractivity contribution in [2.45, 2.75) is 33.9 Å². The molecule has 0 aliphatic rings. The molecule has 0 amide bonds. The Morgan fingerprint density at radius 1 is 1.23 bits per heavy atom. The van der Waals surface area contributed by atoms with E-state index in [4.69, 9.17) is 4.74 Å². The van der Waals surface area contributed by atoms with Gasteiger partial charge in [0.15, 0.2) is 5.78 Å². The Morgan fingerprint density at radius 3 is 2.73 bits per heavy atom. The third-order valence-corrected chi connectivity index (χ3v) is 7.19. The molecule has 0 fully saturated rings. The highest BCUT2D eigenvalue weighted by Crippen LogP contribution is 2.34. The van der Waals surface area contributed by atoms with Crippen molar-refractivity contribution >= 4 is 38.7 Å². The van der Waals surface area contributed by atoms with Gasteiger partial charge in [-0.05, 0) is 39.0 Å². The fourth-order valence-electron chi connectivity index (χ4n) is 3.69. The van der Waals surface area contributed by atoms with Crippen LogP contribution in [0.1, 0.15) is 26.6 Å². The van der Waals surface area contributed by atoms with Crippen molar-refractivity contribution in [3.8, 4) is 10.4 Å². The zero-order valence-electron chi connectivity index (χ0n) is 17.4. The number of thiophene rings is 2. The predicted octanol–water partition coefficient (Wildman–Crippen LogP) is 4.44. The Labute approximate surface area is 182 Å². The summed E-state index contributed by atoms with van der Waals surface area (Å²) < 4.78 is 8.65. The second kappa shape index (κ2) is 8.29. The fourth-order valence-corrected chi connectivity index (χ4v) is 5.55. The maximum absolute atomic E-state index is 13.2. The SMILES string of the molecule is COCCn1c(C)cc(C(=O)Cn2cnc3scc(-c4ccc(C)s4)c3c2=O)c1C. The summed E-state index contributed by atoms with van der Waals surface area (Å²) in [5.41, 5.74) is 3.24. The van der Waals surface area contributed by atoms with Crippen molar-refractivity contribution < 1.29 is 9.53 Å².